The smallest absolute Gasteiger partial charge is 0.404 e. The van der Waals surface area contributed by atoms with Crippen molar-refractivity contribution in [1.29, 1.82) is 0 Å². The molecule has 15 nitrogen and oxygen atoms in total. The number of fused-ring (bicyclic) bond motifs is 1. The number of hydrogen-bond acceptors (Lipinski definition) is 14. The monoisotopic (exact) mass is 992 g/mol. The molecule has 1 saturated heterocycles. The van der Waals surface area contributed by atoms with Gasteiger partial charge in [-0.1, -0.05) is 157 Å². The highest BCUT2D eigenvalue weighted by Gasteiger charge is 2.55. The average Bonchev–Trinajstić information content (AvgIpc) is 3.84. The van der Waals surface area contributed by atoms with Crippen LogP contribution in [0.4, 0.5) is 9.93 Å². The van der Waals surface area contributed by atoms with E-state index >= 15 is 0 Å². The second kappa shape index (κ2) is 21.1. The Balaban J connectivity index is 1.12. The first-order valence-corrected chi connectivity index (χ1v) is 24.6. The van der Waals surface area contributed by atoms with E-state index in [0.717, 1.165) is 16.7 Å². The molecule has 0 saturated carbocycles. The van der Waals surface area contributed by atoms with Gasteiger partial charge in [-0.15, -0.1) is 23.1 Å². The van der Waals surface area contributed by atoms with E-state index in [1.807, 2.05) is 152 Å². The van der Waals surface area contributed by atoms with Crippen molar-refractivity contribution >= 4 is 63.8 Å². The van der Waals surface area contributed by atoms with Crippen molar-refractivity contribution in [3.8, 4) is 0 Å². The van der Waals surface area contributed by atoms with Gasteiger partial charge in [0.05, 0.1) is 0 Å². The molecule has 5 aromatic carbocycles. The van der Waals surface area contributed by atoms with E-state index in [-0.39, 0.29) is 35.0 Å². The van der Waals surface area contributed by atoms with Crippen LogP contribution in [0.2, 0.25) is 0 Å². The number of thioether (sulfide) groups is 1. The largest absolute Gasteiger partial charge is 0.457 e. The van der Waals surface area contributed by atoms with E-state index in [1.165, 1.54) is 41.8 Å². The molecule has 3 amide bonds. The maximum Gasteiger partial charge on any atom is 0.404 e. The van der Waals surface area contributed by atoms with Crippen LogP contribution in [0, 0.1) is 0 Å². The molecule has 0 radical (unpaired) electrons. The third-order valence-corrected chi connectivity index (χ3v) is 13.6. The number of ether oxygens (including phenoxy) is 3. The summed E-state index contributed by atoms with van der Waals surface area (Å²) in [6, 6.07) is 46.8. The summed E-state index contributed by atoms with van der Waals surface area (Å²) in [4.78, 5) is 80.7. The van der Waals surface area contributed by atoms with Crippen LogP contribution in [0.25, 0.3) is 0 Å². The Morgan fingerprint density at radius 1 is 0.775 bits per heavy atom. The van der Waals surface area contributed by atoms with Gasteiger partial charge in [0, 0.05) is 16.7 Å². The van der Waals surface area contributed by atoms with Crippen LogP contribution < -0.4 is 16.4 Å². The second-order valence-corrected chi connectivity index (χ2v) is 20.0. The molecule has 8 rings (SSSR count). The highest BCUT2D eigenvalue weighted by atomic mass is 32.2. The molecule has 0 spiro atoms. The van der Waals surface area contributed by atoms with Crippen LogP contribution in [0.1, 0.15) is 74.2 Å². The highest BCUT2D eigenvalue weighted by molar-refractivity contribution is 8.00. The second-order valence-electron chi connectivity index (χ2n) is 18.1. The quantitative estimate of drug-likeness (QED) is 0.0197. The Hall–Kier alpha value is -7.76. The van der Waals surface area contributed by atoms with Gasteiger partial charge in [-0.3, -0.25) is 14.5 Å². The third kappa shape index (κ3) is 11.0. The van der Waals surface area contributed by atoms with E-state index in [1.54, 1.807) is 26.2 Å². The number of oxime groups is 1. The average molecular weight is 993 g/mol. The number of nitrogens with one attached hydrogen (secondary N) is 2. The number of amides is 3. The standard InChI is InChI=1S/C54H52N6O9S2/c1-52(2,3)68-49(64)53(4,5)69-59-41(40-33-71-51(56-40)58-54(37-25-15-8-16-26-37,38-27-17-9-18-28-38)39-29-19-10-20-30-39)45(61)57-42-46(62)60-43(36(31-66-50(55)65)32-70-47(42)60)48(63)67-44(34-21-11-6-12-22-34)35-23-13-7-14-24-35/h6-30,33,42,44,47H,31-32H2,1-5H3,(H2,55,65)(H,56,58)(H,57,61)/b59-41-/t42-,47-/m1/s1. The van der Waals surface area contributed by atoms with Crippen molar-refractivity contribution in [2.45, 2.75) is 68.9 Å². The summed E-state index contributed by atoms with van der Waals surface area (Å²) in [5.74, 6) is -2.98. The predicted molar refractivity (Wildman–Crippen MR) is 271 cm³/mol. The minimum Gasteiger partial charge on any atom is -0.457 e. The third-order valence-electron chi connectivity index (χ3n) is 11.5. The van der Waals surface area contributed by atoms with Crippen molar-refractivity contribution in [3.63, 3.8) is 0 Å². The number of rotatable bonds is 17. The van der Waals surface area contributed by atoms with E-state index in [9.17, 15) is 24.0 Å². The molecule has 6 aromatic rings. The summed E-state index contributed by atoms with van der Waals surface area (Å²) in [7, 11) is 0. The van der Waals surface area contributed by atoms with Crippen LogP contribution in [0.5, 0.6) is 0 Å². The number of benzene rings is 5. The molecule has 0 unspecified atom stereocenters. The van der Waals surface area contributed by atoms with Gasteiger partial charge >= 0.3 is 18.0 Å². The fourth-order valence-corrected chi connectivity index (χ4v) is 10.2. The lowest BCUT2D eigenvalue weighted by atomic mass is 9.77. The number of nitrogens with two attached hydrogens (primary N) is 1. The molecule has 2 aliphatic heterocycles. The van der Waals surface area contributed by atoms with E-state index in [0.29, 0.717) is 16.3 Å². The van der Waals surface area contributed by atoms with Crippen LogP contribution in [0.15, 0.2) is 173 Å². The number of aromatic nitrogens is 1. The number of primary amides is 1. The molecule has 2 atom stereocenters. The first-order valence-electron chi connectivity index (χ1n) is 22.7. The Labute approximate surface area is 419 Å². The highest BCUT2D eigenvalue weighted by Crippen LogP contribution is 2.43. The van der Waals surface area contributed by atoms with E-state index in [2.05, 4.69) is 15.8 Å². The van der Waals surface area contributed by atoms with Gasteiger partial charge in [0.25, 0.3) is 11.8 Å². The molecule has 364 valence electrons. The lowest BCUT2D eigenvalue weighted by Crippen LogP contribution is -2.71. The molecule has 17 heteroatoms. The Morgan fingerprint density at radius 3 is 1.77 bits per heavy atom. The van der Waals surface area contributed by atoms with E-state index in [4.69, 9.17) is 29.8 Å². The Kier molecular flexibility index (Phi) is 14.7. The lowest BCUT2D eigenvalue weighted by Gasteiger charge is -2.49. The fraction of sp³-hybridized carbons (Fsp3) is 0.241. The Bertz CT molecular complexity index is 2810. The summed E-state index contributed by atoms with van der Waals surface area (Å²) < 4.78 is 16.9. The van der Waals surface area contributed by atoms with Crippen molar-refractivity contribution in [3.05, 3.63) is 202 Å². The van der Waals surface area contributed by atoms with Crippen molar-refractivity contribution in [2.24, 2.45) is 10.9 Å². The zero-order valence-electron chi connectivity index (χ0n) is 39.6. The van der Waals surface area contributed by atoms with Crippen molar-refractivity contribution < 1.29 is 43.0 Å². The maximum absolute atomic E-state index is 14.7. The summed E-state index contributed by atoms with van der Waals surface area (Å²) >= 11 is 2.45. The van der Waals surface area contributed by atoms with Gasteiger partial charge < -0.3 is 35.4 Å². The molecule has 2 aliphatic rings. The molecule has 0 aliphatic carbocycles. The summed E-state index contributed by atoms with van der Waals surface area (Å²) in [5, 5.41) is 12.0. The van der Waals surface area contributed by atoms with Crippen molar-refractivity contribution in [2.75, 3.05) is 17.7 Å². The zero-order valence-corrected chi connectivity index (χ0v) is 41.2. The number of thiazole rings is 1. The van der Waals surface area contributed by atoms with Crippen LogP contribution in [-0.4, -0.2) is 80.4 Å². The summed E-state index contributed by atoms with van der Waals surface area (Å²) in [5.41, 5.74) is 5.82. The maximum atomic E-state index is 14.7. The first-order chi connectivity index (χ1) is 34.1. The number of carbonyl (C=O) groups is 5. The first kappa shape index (κ1) is 49.7. The number of esters is 2. The summed E-state index contributed by atoms with van der Waals surface area (Å²) in [6.45, 7) is 7.68. The molecular weight excluding hydrogens is 941 g/mol. The van der Waals surface area contributed by atoms with Gasteiger partial charge in [-0.2, -0.15) is 0 Å². The number of carbonyl (C=O) groups excluding carboxylic acids is 5. The lowest BCUT2D eigenvalue weighted by molar-refractivity contribution is -0.179. The van der Waals surface area contributed by atoms with Gasteiger partial charge in [-0.05, 0) is 62.4 Å². The Morgan fingerprint density at radius 2 is 1.28 bits per heavy atom. The molecule has 3 heterocycles. The van der Waals surface area contributed by atoms with Crippen LogP contribution in [-0.2, 0) is 43.8 Å². The number of hydrogen-bond donors (Lipinski definition) is 3. The molecule has 4 N–H and O–H groups in total. The van der Waals surface area contributed by atoms with E-state index < -0.39 is 64.1 Å². The molecule has 0 bridgehead atoms. The van der Waals surface area contributed by atoms with Crippen LogP contribution >= 0.6 is 23.1 Å². The number of anilines is 1. The molecular formula is C54H52N6O9S2. The molecule has 1 aromatic heterocycles. The number of β-lactam (4-membered cyclic amide) rings is 1. The van der Waals surface area contributed by atoms with Crippen LogP contribution in [0.3, 0.4) is 0 Å². The summed E-state index contributed by atoms with van der Waals surface area (Å²) in [6.07, 6.45) is -1.94. The topological polar surface area (TPSA) is 201 Å². The minimum atomic E-state index is -1.68. The SMILES string of the molecule is CC(C)(C)OC(=O)C(C)(C)O/N=C(\C(=O)N[C@@H]1C(=O)N2C(C(=O)OC(c3ccccc3)c3ccccc3)=C(COC(N)=O)CS[C@H]12)c1csc(NC(c2ccccc2)(c2ccccc2)c2ccccc2)n1. The fourth-order valence-electron chi connectivity index (χ4n) is 8.08. The van der Waals surface area contributed by atoms with Gasteiger partial charge in [0.2, 0.25) is 5.60 Å². The number of nitrogens with zero attached hydrogens (tertiary/aromatic N) is 3. The predicted octanol–water partition coefficient (Wildman–Crippen LogP) is 8.47. The van der Waals surface area contributed by atoms with Gasteiger partial charge in [0.1, 0.15) is 40.6 Å². The zero-order chi connectivity index (χ0) is 50.3. The normalized spacial score (nSPS) is 16.1. The van der Waals surface area contributed by atoms with Gasteiger partial charge in [0.15, 0.2) is 16.9 Å². The molecule has 71 heavy (non-hydrogen) atoms. The van der Waals surface area contributed by atoms with Crippen molar-refractivity contribution in [1.82, 2.24) is 15.2 Å². The van der Waals surface area contributed by atoms with Gasteiger partial charge in [-0.25, -0.2) is 19.4 Å². The minimum absolute atomic E-state index is 0.0703. The molecule has 1 fully saturated rings.